The number of hydrogen-bond acceptors (Lipinski definition) is 5. The zero-order valence-electron chi connectivity index (χ0n) is 18.3. The lowest BCUT2D eigenvalue weighted by Gasteiger charge is -2.11. The van der Waals surface area contributed by atoms with E-state index in [4.69, 9.17) is 0 Å². The number of ether oxygens (including phenoxy) is 2. The van der Waals surface area contributed by atoms with Crippen molar-refractivity contribution in [3.05, 3.63) is 83.4 Å². The molecule has 0 aromatic heterocycles. The molecule has 3 aromatic carbocycles. The number of nitrogens with one attached hydrogen (secondary N) is 1. The highest BCUT2D eigenvalue weighted by Gasteiger charge is 2.31. The van der Waals surface area contributed by atoms with Gasteiger partial charge in [0.15, 0.2) is 0 Å². The summed E-state index contributed by atoms with van der Waals surface area (Å²) in [5, 5.41) is 0. The maximum absolute atomic E-state index is 12.6. The van der Waals surface area contributed by atoms with E-state index in [1.54, 1.807) is 25.1 Å². The van der Waals surface area contributed by atoms with Gasteiger partial charge in [0.05, 0.1) is 17.6 Å². The summed E-state index contributed by atoms with van der Waals surface area (Å²) < 4.78 is 73.1. The third-order valence-electron chi connectivity index (χ3n) is 5.01. The van der Waals surface area contributed by atoms with Crippen molar-refractivity contribution in [3.8, 4) is 16.9 Å². The van der Waals surface area contributed by atoms with E-state index in [9.17, 15) is 26.4 Å². The molecule has 3 aromatic rings. The van der Waals surface area contributed by atoms with Crippen molar-refractivity contribution >= 4 is 16.0 Å². The molecule has 10 heteroatoms. The molecule has 0 radical (unpaired) electrons. The second kappa shape index (κ2) is 10.3. The summed E-state index contributed by atoms with van der Waals surface area (Å²) in [6, 6.07) is 17.0. The standard InChI is InChI=1S/C24H22F3NO5S/c1-16-3-12-21(15-22(16)23(29)32-2)34(30,31)28-14-13-17-4-6-18(7-5-17)19-8-10-20(11-9-19)33-24(25,26)27/h3-12,15,28H,13-14H2,1-2H3. The summed E-state index contributed by atoms with van der Waals surface area (Å²) in [6.45, 7) is 1.82. The lowest BCUT2D eigenvalue weighted by molar-refractivity contribution is -0.274. The molecule has 0 bridgehead atoms. The van der Waals surface area contributed by atoms with E-state index >= 15 is 0 Å². The number of sulfonamides is 1. The first-order valence-electron chi connectivity index (χ1n) is 10.1. The van der Waals surface area contributed by atoms with Crippen LogP contribution in [-0.2, 0) is 21.2 Å². The lowest BCUT2D eigenvalue weighted by Crippen LogP contribution is -2.26. The predicted molar refractivity (Wildman–Crippen MR) is 120 cm³/mol. The molecule has 180 valence electrons. The number of carbonyl (C=O) groups is 1. The summed E-state index contributed by atoms with van der Waals surface area (Å²) in [5.41, 5.74) is 3.15. The molecular formula is C24H22F3NO5S. The van der Waals surface area contributed by atoms with Gasteiger partial charge in [-0.2, -0.15) is 0 Å². The van der Waals surface area contributed by atoms with Gasteiger partial charge in [0.1, 0.15) is 5.75 Å². The molecule has 3 rings (SSSR count). The molecule has 0 aliphatic heterocycles. The lowest BCUT2D eigenvalue weighted by atomic mass is 10.0. The average Bonchev–Trinajstić information content (AvgIpc) is 2.78. The molecule has 1 N–H and O–H groups in total. The van der Waals surface area contributed by atoms with Gasteiger partial charge < -0.3 is 9.47 Å². The topological polar surface area (TPSA) is 81.7 Å². The van der Waals surface area contributed by atoms with Crippen molar-refractivity contribution in [2.45, 2.75) is 24.6 Å². The van der Waals surface area contributed by atoms with Gasteiger partial charge in [-0.25, -0.2) is 17.9 Å². The molecule has 0 aliphatic carbocycles. The third-order valence-corrected chi connectivity index (χ3v) is 6.46. The van der Waals surface area contributed by atoms with E-state index in [-0.39, 0.29) is 22.8 Å². The van der Waals surface area contributed by atoms with Crippen LogP contribution >= 0.6 is 0 Å². The van der Waals surface area contributed by atoms with Gasteiger partial charge in [0, 0.05) is 6.54 Å². The van der Waals surface area contributed by atoms with E-state index in [0.717, 1.165) is 11.1 Å². The van der Waals surface area contributed by atoms with Crippen LogP contribution in [0.15, 0.2) is 71.6 Å². The number of methoxy groups -OCH3 is 1. The maximum atomic E-state index is 12.6. The molecule has 0 aliphatic rings. The summed E-state index contributed by atoms with van der Waals surface area (Å²) in [6.07, 6.45) is -4.33. The average molecular weight is 494 g/mol. The van der Waals surface area contributed by atoms with Crippen molar-refractivity contribution in [2.75, 3.05) is 13.7 Å². The molecule has 0 saturated heterocycles. The number of halogens is 3. The number of benzene rings is 3. The Morgan fingerprint density at radius 3 is 2.09 bits per heavy atom. The molecule has 0 fully saturated rings. The van der Waals surface area contributed by atoms with Gasteiger partial charge in [-0.1, -0.05) is 42.5 Å². The smallest absolute Gasteiger partial charge is 0.465 e. The first-order valence-corrected chi connectivity index (χ1v) is 11.6. The molecule has 34 heavy (non-hydrogen) atoms. The minimum atomic E-state index is -4.74. The molecule has 0 unspecified atom stereocenters. The summed E-state index contributed by atoms with van der Waals surface area (Å²) in [5.74, 6) is -0.912. The van der Waals surface area contributed by atoms with Crippen LogP contribution in [0.3, 0.4) is 0 Å². The zero-order chi connectivity index (χ0) is 24.9. The number of rotatable bonds is 8. The molecule has 0 amide bonds. The van der Waals surface area contributed by atoms with Gasteiger partial charge >= 0.3 is 12.3 Å². The number of aryl methyl sites for hydroxylation is 1. The van der Waals surface area contributed by atoms with Crippen LogP contribution in [0.25, 0.3) is 11.1 Å². The maximum Gasteiger partial charge on any atom is 0.573 e. The van der Waals surface area contributed by atoms with Crippen molar-refractivity contribution in [1.29, 1.82) is 0 Å². The Morgan fingerprint density at radius 2 is 1.53 bits per heavy atom. The number of hydrogen-bond donors (Lipinski definition) is 1. The Kier molecular flexibility index (Phi) is 7.63. The summed E-state index contributed by atoms with van der Waals surface area (Å²) >= 11 is 0. The van der Waals surface area contributed by atoms with Gasteiger partial charge in [-0.3, -0.25) is 0 Å². The van der Waals surface area contributed by atoms with Gasteiger partial charge in [-0.15, -0.1) is 13.2 Å². The van der Waals surface area contributed by atoms with Crippen LogP contribution in [0.1, 0.15) is 21.5 Å². The first-order chi connectivity index (χ1) is 16.0. The molecule has 0 heterocycles. The minimum absolute atomic E-state index is 0.0354. The highest BCUT2D eigenvalue weighted by atomic mass is 32.2. The van der Waals surface area contributed by atoms with Crippen molar-refractivity contribution in [1.82, 2.24) is 4.72 Å². The summed E-state index contributed by atoms with van der Waals surface area (Å²) in [4.78, 5) is 11.8. The monoisotopic (exact) mass is 493 g/mol. The SMILES string of the molecule is COC(=O)c1cc(S(=O)(=O)NCCc2ccc(-c3ccc(OC(F)(F)F)cc3)cc2)ccc1C. The van der Waals surface area contributed by atoms with E-state index in [1.165, 1.54) is 43.5 Å². The molecule has 0 spiro atoms. The quantitative estimate of drug-likeness (QED) is 0.453. The van der Waals surface area contributed by atoms with Crippen molar-refractivity contribution in [2.24, 2.45) is 0 Å². The number of esters is 1. The van der Waals surface area contributed by atoms with Gasteiger partial charge in [-0.05, 0) is 59.9 Å². The molecule has 0 atom stereocenters. The zero-order valence-corrected chi connectivity index (χ0v) is 19.2. The van der Waals surface area contributed by atoms with Crippen LogP contribution < -0.4 is 9.46 Å². The normalized spacial score (nSPS) is 11.8. The first kappa shape index (κ1) is 25.3. The summed E-state index contributed by atoms with van der Waals surface area (Å²) in [7, 11) is -2.60. The second-order valence-corrected chi connectivity index (χ2v) is 9.15. The number of alkyl halides is 3. The van der Waals surface area contributed by atoms with E-state index in [0.29, 0.717) is 17.5 Å². The van der Waals surface area contributed by atoms with E-state index in [2.05, 4.69) is 14.2 Å². The number of carbonyl (C=O) groups excluding carboxylic acids is 1. The molecule has 0 saturated carbocycles. The van der Waals surface area contributed by atoms with Crippen LogP contribution in [0, 0.1) is 6.92 Å². The minimum Gasteiger partial charge on any atom is -0.465 e. The van der Waals surface area contributed by atoms with E-state index < -0.39 is 22.4 Å². The van der Waals surface area contributed by atoms with E-state index in [1.807, 2.05) is 12.1 Å². The van der Waals surface area contributed by atoms with Crippen molar-refractivity contribution < 1.29 is 35.9 Å². The predicted octanol–water partition coefficient (Wildman–Crippen LogP) is 4.87. The van der Waals surface area contributed by atoms with Crippen molar-refractivity contribution in [3.63, 3.8) is 0 Å². The Hall–Kier alpha value is -3.37. The van der Waals surface area contributed by atoms with Gasteiger partial charge in [0.2, 0.25) is 10.0 Å². The third kappa shape index (κ3) is 6.58. The van der Waals surface area contributed by atoms with Crippen LogP contribution in [0.4, 0.5) is 13.2 Å². The Labute approximate surface area is 195 Å². The Balaban J connectivity index is 1.61. The Morgan fingerprint density at radius 1 is 0.941 bits per heavy atom. The highest BCUT2D eigenvalue weighted by molar-refractivity contribution is 7.89. The molecule has 6 nitrogen and oxygen atoms in total. The largest absolute Gasteiger partial charge is 0.573 e. The fourth-order valence-corrected chi connectivity index (χ4v) is 4.28. The fraction of sp³-hybridized carbons (Fsp3) is 0.208. The van der Waals surface area contributed by atoms with Gasteiger partial charge in [0.25, 0.3) is 0 Å². The van der Waals surface area contributed by atoms with Crippen LogP contribution in [-0.4, -0.2) is 34.4 Å². The van der Waals surface area contributed by atoms with Crippen LogP contribution in [0.2, 0.25) is 0 Å². The highest BCUT2D eigenvalue weighted by Crippen LogP contribution is 2.26. The fourth-order valence-electron chi connectivity index (χ4n) is 3.22. The van der Waals surface area contributed by atoms with Crippen LogP contribution in [0.5, 0.6) is 5.75 Å². The second-order valence-electron chi connectivity index (χ2n) is 7.39. The Bertz CT molecular complexity index is 1260. The molecular weight excluding hydrogens is 471 g/mol.